The smallest absolute Gasteiger partial charge is 0.330 e. The Morgan fingerprint density at radius 2 is 1.91 bits per heavy atom. The van der Waals surface area contributed by atoms with Crippen molar-refractivity contribution in [2.24, 2.45) is 0 Å². The molecule has 114 valence electrons. The van der Waals surface area contributed by atoms with Gasteiger partial charge in [0.1, 0.15) is 5.82 Å². The highest BCUT2D eigenvalue weighted by Gasteiger charge is 2.42. The lowest BCUT2D eigenvalue weighted by molar-refractivity contribution is 0.477. The van der Waals surface area contributed by atoms with E-state index >= 15 is 0 Å². The molecule has 2 aliphatic rings. The highest BCUT2D eigenvalue weighted by atomic mass is 16.2. The van der Waals surface area contributed by atoms with E-state index in [-0.39, 0.29) is 22.8 Å². The van der Waals surface area contributed by atoms with Gasteiger partial charge in [0.15, 0.2) is 0 Å². The number of benzene rings is 1. The van der Waals surface area contributed by atoms with Crippen LogP contribution in [-0.2, 0) is 12.0 Å². The fourth-order valence-corrected chi connectivity index (χ4v) is 3.29. The number of H-pyrrole nitrogens is 1. The molecule has 22 heavy (non-hydrogen) atoms. The van der Waals surface area contributed by atoms with E-state index < -0.39 is 0 Å². The molecule has 0 spiro atoms. The van der Waals surface area contributed by atoms with E-state index in [1.54, 1.807) is 0 Å². The Balaban J connectivity index is 1.75. The minimum Gasteiger partial charge on any atom is -0.364 e. The number of aromatic nitrogens is 2. The normalized spacial score (nSPS) is 21.8. The van der Waals surface area contributed by atoms with Crippen LogP contribution in [0.25, 0.3) is 0 Å². The molecular weight excluding hydrogens is 278 g/mol. The Bertz CT molecular complexity index is 831. The molecule has 1 atom stereocenters. The molecule has 2 aromatic rings. The van der Waals surface area contributed by atoms with Crippen molar-refractivity contribution in [1.82, 2.24) is 9.55 Å². The third-order valence-electron chi connectivity index (χ3n) is 4.92. The molecule has 1 aliphatic heterocycles. The summed E-state index contributed by atoms with van der Waals surface area (Å²) in [4.78, 5) is 27.9. The van der Waals surface area contributed by atoms with E-state index in [1.807, 2.05) is 25.1 Å². The molecule has 1 aliphatic carbocycles. The standard InChI is InChI=1S/C17H19N3O2/c1-17(9-10-17)20-15(21)12-7-8-13(11-5-3-2-4-6-11)18-14(12)19-16(20)22/h2-6,13,18H,7-10H2,1H3,(H,19,22)/t13-/m1/s1. The summed E-state index contributed by atoms with van der Waals surface area (Å²) in [5.74, 6) is 0.593. The lowest BCUT2D eigenvalue weighted by Gasteiger charge is -2.27. The monoisotopic (exact) mass is 297 g/mol. The molecule has 2 heterocycles. The molecule has 2 N–H and O–H groups in total. The zero-order valence-electron chi connectivity index (χ0n) is 12.6. The quantitative estimate of drug-likeness (QED) is 0.892. The number of aromatic amines is 1. The van der Waals surface area contributed by atoms with Crippen LogP contribution in [0.3, 0.4) is 0 Å². The van der Waals surface area contributed by atoms with Crippen LogP contribution >= 0.6 is 0 Å². The van der Waals surface area contributed by atoms with Gasteiger partial charge in [-0.15, -0.1) is 0 Å². The third-order valence-corrected chi connectivity index (χ3v) is 4.92. The highest BCUT2D eigenvalue weighted by molar-refractivity contribution is 5.48. The van der Waals surface area contributed by atoms with Gasteiger partial charge >= 0.3 is 5.69 Å². The molecule has 0 unspecified atom stereocenters. The van der Waals surface area contributed by atoms with Crippen molar-refractivity contribution in [1.29, 1.82) is 0 Å². The van der Waals surface area contributed by atoms with Gasteiger partial charge in [-0.1, -0.05) is 30.3 Å². The van der Waals surface area contributed by atoms with Crippen molar-refractivity contribution in [2.75, 3.05) is 5.32 Å². The number of hydrogen-bond donors (Lipinski definition) is 2. The van der Waals surface area contributed by atoms with Crippen LogP contribution in [0.2, 0.25) is 0 Å². The number of nitrogens with one attached hydrogen (secondary N) is 2. The van der Waals surface area contributed by atoms with Crippen LogP contribution in [0.15, 0.2) is 39.9 Å². The van der Waals surface area contributed by atoms with E-state index in [9.17, 15) is 9.59 Å². The summed E-state index contributed by atoms with van der Waals surface area (Å²) in [6, 6.07) is 10.2. The van der Waals surface area contributed by atoms with Crippen molar-refractivity contribution in [3.05, 3.63) is 62.3 Å². The topological polar surface area (TPSA) is 66.9 Å². The second-order valence-corrected chi connectivity index (χ2v) is 6.57. The van der Waals surface area contributed by atoms with Crippen LogP contribution in [0, 0.1) is 0 Å². The Morgan fingerprint density at radius 3 is 2.59 bits per heavy atom. The Hall–Kier alpha value is -2.30. The highest BCUT2D eigenvalue weighted by Crippen LogP contribution is 2.41. The van der Waals surface area contributed by atoms with Gasteiger partial charge in [-0.05, 0) is 38.2 Å². The van der Waals surface area contributed by atoms with Crippen LogP contribution in [0.4, 0.5) is 5.82 Å². The predicted molar refractivity (Wildman–Crippen MR) is 85.3 cm³/mol. The van der Waals surface area contributed by atoms with Crippen LogP contribution < -0.4 is 16.6 Å². The van der Waals surface area contributed by atoms with Gasteiger partial charge in [0.2, 0.25) is 0 Å². The summed E-state index contributed by atoms with van der Waals surface area (Å²) in [7, 11) is 0. The van der Waals surface area contributed by atoms with Crippen LogP contribution in [0.1, 0.15) is 43.4 Å². The molecule has 1 fully saturated rings. The molecule has 4 rings (SSSR count). The van der Waals surface area contributed by atoms with E-state index in [0.29, 0.717) is 17.8 Å². The third kappa shape index (κ3) is 2.00. The van der Waals surface area contributed by atoms with E-state index in [1.165, 1.54) is 10.1 Å². The summed E-state index contributed by atoms with van der Waals surface area (Å²) in [5.41, 5.74) is 1.17. The summed E-state index contributed by atoms with van der Waals surface area (Å²) >= 11 is 0. The average Bonchev–Trinajstić information content (AvgIpc) is 3.25. The molecule has 0 amide bonds. The van der Waals surface area contributed by atoms with Crippen LogP contribution in [-0.4, -0.2) is 9.55 Å². The van der Waals surface area contributed by atoms with E-state index in [0.717, 1.165) is 19.3 Å². The summed E-state index contributed by atoms with van der Waals surface area (Å²) in [5, 5.41) is 3.33. The maximum Gasteiger partial charge on any atom is 0.330 e. The first kappa shape index (κ1) is 13.4. The minimum absolute atomic E-state index is 0.127. The molecular formula is C17H19N3O2. The maximum absolute atomic E-state index is 12.7. The summed E-state index contributed by atoms with van der Waals surface area (Å²) in [6.45, 7) is 1.97. The van der Waals surface area contributed by atoms with Crippen LogP contribution in [0.5, 0.6) is 0 Å². The van der Waals surface area contributed by atoms with Gasteiger partial charge in [-0.2, -0.15) is 0 Å². The fourth-order valence-electron chi connectivity index (χ4n) is 3.29. The molecule has 1 aromatic carbocycles. The first-order chi connectivity index (χ1) is 10.6. The van der Waals surface area contributed by atoms with Gasteiger partial charge in [0, 0.05) is 0 Å². The van der Waals surface area contributed by atoms with Crippen molar-refractivity contribution >= 4 is 5.82 Å². The molecule has 1 saturated carbocycles. The molecule has 1 aromatic heterocycles. The zero-order chi connectivity index (χ0) is 15.3. The van der Waals surface area contributed by atoms with Gasteiger partial charge in [-0.25, -0.2) is 4.79 Å². The van der Waals surface area contributed by atoms with Crippen molar-refractivity contribution < 1.29 is 0 Å². The number of hydrogen-bond acceptors (Lipinski definition) is 3. The largest absolute Gasteiger partial charge is 0.364 e. The van der Waals surface area contributed by atoms with Crippen molar-refractivity contribution in [2.45, 2.75) is 44.2 Å². The lowest BCUT2D eigenvalue weighted by atomic mass is 9.96. The first-order valence-electron chi connectivity index (χ1n) is 7.79. The fraction of sp³-hybridized carbons (Fsp3) is 0.412. The second kappa shape index (κ2) is 4.60. The molecule has 0 bridgehead atoms. The van der Waals surface area contributed by atoms with Gasteiger partial charge in [-0.3, -0.25) is 14.3 Å². The molecule has 0 radical (unpaired) electrons. The van der Waals surface area contributed by atoms with Crippen molar-refractivity contribution in [3.63, 3.8) is 0 Å². The number of nitrogens with zero attached hydrogens (tertiary/aromatic N) is 1. The van der Waals surface area contributed by atoms with Gasteiger partial charge in [0.05, 0.1) is 17.1 Å². The van der Waals surface area contributed by atoms with Crippen molar-refractivity contribution in [3.8, 4) is 0 Å². The summed E-state index contributed by atoms with van der Waals surface area (Å²) < 4.78 is 1.41. The Morgan fingerprint density at radius 1 is 1.18 bits per heavy atom. The molecule has 0 saturated heterocycles. The first-order valence-corrected chi connectivity index (χ1v) is 7.79. The Labute approximate surface area is 128 Å². The number of rotatable bonds is 2. The molecule has 5 heteroatoms. The average molecular weight is 297 g/mol. The zero-order valence-corrected chi connectivity index (χ0v) is 12.6. The SMILES string of the molecule is CC1(n2c(=O)[nH]c3c(c2=O)CC[C@H](c2ccccc2)N3)CC1. The minimum atomic E-state index is -0.301. The number of anilines is 1. The number of fused-ring (bicyclic) bond motifs is 1. The maximum atomic E-state index is 12.7. The van der Waals surface area contributed by atoms with E-state index in [2.05, 4.69) is 22.4 Å². The Kier molecular flexibility index (Phi) is 2.79. The predicted octanol–water partition coefficient (Wildman–Crippen LogP) is 2.15. The molecule has 5 nitrogen and oxygen atoms in total. The van der Waals surface area contributed by atoms with E-state index in [4.69, 9.17) is 0 Å². The van der Waals surface area contributed by atoms with Gasteiger partial charge < -0.3 is 5.32 Å². The second-order valence-electron chi connectivity index (χ2n) is 6.57. The van der Waals surface area contributed by atoms with Gasteiger partial charge in [0.25, 0.3) is 5.56 Å². The summed E-state index contributed by atoms with van der Waals surface area (Å²) in [6.07, 6.45) is 3.34. The lowest BCUT2D eigenvalue weighted by Crippen LogP contribution is -2.44.